The van der Waals surface area contributed by atoms with Crippen LogP contribution in [0.15, 0.2) is 5.16 Å². The Morgan fingerprint density at radius 2 is 2.31 bits per heavy atom. The van der Waals surface area contributed by atoms with Gasteiger partial charge in [-0.3, -0.25) is 9.89 Å². The number of nitrogens with zero attached hydrogens (tertiary/aromatic N) is 2. The first-order valence-corrected chi connectivity index (χ1v) is 6.47. The lowest BCUT2D eigenvalue weighted by Gasteiger charge is -2.09. The largest absolute Gasteiger partial charge is 0.353 e. The van der Waals surface area contributed by atoms with Gasteiger partial charge in [0.05, 0.1) is 5.75 Å². The third-order valence-electron chi connectivity index (χ3n) is 2.20. The first-order valence-electron chi connectivity index (χ1n) is 5.49. The number of hydrogen-bond donors (Lipinski definition) is 2. The van der Waals surface area contributed by atoms with E-state index in [0.29, 0.717) is 10.9 Å². The van der Waals surface area contributed by atoms with Gasteiger partial charge in [0.15, 0.2) is 0 Å². The standard InChI is InChI=1S/C10H18N4OS/c1-4-7(3)11-9(15)6-16-10-12-8(5-2)13-14-10/h7H,4-6H2,1-3H3,(H,11,15)(H,12,13,14). The van der Waals surface area contributed by atoms with Crippen molar-refractivity contribution in [2.45, 2.75) is 44.8 Å². The van der Waals surface area contributed by atoms with Gasteiger partial charge in [0, 0.05) is 12.5 Å². The van der Waals surface area contributed by atoms with Gasteiger partial charge < -0.3 is 5.32 Å². The van der Waals surface area contributed by atoms with Crippen LogP contribution in [0.5, 0.6) is 0 Å². The second-order valence-corrected chi connectivity index (χ2v) is 4.53. The van der Waals surface area contributed by atoms with Gasteiger partial charge in [-0.15, -0.1) is 5.10 Å². The Balaban J connectivity index is 2.31. The number of aromatic nitrogens is 3. The minimum atomic E-state index is 0.0298. The van der Waals surface area contributed by atoms with Crippen LogP contribution in [0.2, 0.25) is 0 Å². The zero-order chi connectivity index (χ0) is 12.0. The molecular formula is C10H18N4OS. The molecule has 1 aromatic heterocycles. The highest BCUT2D eigenvalue weighted by molar-refractivity contribution is 7.99. The van der Waals surface area contributed by atoms with Crippen LogP contribution in [0.3, 0.4) is 0 Å². The molecule has 16 heavy (non-hydrogen) atoms. The fourth-order valence-corrected chi connectivity index (χ4v) is 1.68. The molecule has 0 aliphatic carbocycles. The molecule has 0 radical (unpaired) electrons. The Bertz CT molecular complexity index is 339. The van der Waals surface area contributed by atoms with E-state index in [1.165, 1.54) is 11.8 Å². The van der Waals surface area contributed by atoms with Crippen molar-refractivity contribution in [2.75, 3.05) is 5.75 Å². The molecular weight excluding hydrogens is 224 g/mol. The summed E-state index contributed by atoms with van der Waals surface area (Å²) in [5.41, 5.74) is 0. The molecule has 5 nitrogen and oxygen atoms in total. The zero-order valence-electron chi connectivity index (χ0n) is 9.91. The van der Waals surface area contributed by atoms with E-state index in [2.05, 4.69) is 20.5 Å². The first-order chi connectivity index (χ1) is 7.65. The third-order valence-corrected chi connectivity index (χ3v) is 3.05. The fourth-order valence-electron chi connectivity index (χ4n) is 1.05. The highest BCUT2D eigenvalue weighted by atomic mass is 32.2. The number of nitrogens with one attached hydrogen (secondary N) is 2. The molecule has 6 heteroatoms. The van der Waals surface area contributed by atoms with Crippen molar-refractivity contribution in [3.8, 4) is 0 Å². The van der Waals surface area contributed by atoms with Gasteiger partial charge in [-0.1, -0.05) is 25.6 Å². The van der Waals surface area contributed by atoms with Crippen molar-refractivity contribution in [1.82, 2.24) is 20.5 Å². The average Bonchev–Trinajstić information content (AvgIpc) is 2.74. The summed E-state index contributed by atoms with van der Waals surface area (Å²) < 4.78 is 0. The lowest BCUT2D eigenvalue weighted by atomic mass is 10.3. The predicted molar refractivity (Wildman–Crippen MR) is 64.4 cm³/mol. The number of hydrogen-bond acceptors (Lipinski definition) is 4. The molecule has 0 fully saturated rings. The SMILES string of the molecule is CCc1nc(SCC(=O)NC(C)CC)n[nH]1. The van der Waals surface area contributed by atoms with Crippen molar-refractivity contribution in [2.24, 2.45) is 0 Å². The fraction of sp³-hybridized carbons (Fsp3) is 0.700. The van der Waals surface area contributed by atoms with E-state index in [1.54, 1.807) is 0 Å². The second-order valence-electron chi connectivity index (χ2n) is 3.58. The number of carbonyl (C=O) groups is 1. The smallest absolute Gasteiger partial charge is 0.230 e. The number of amides is 1. The molecule has 1 aromatic rings. The number of H-pyrrole nitrogens is 1. The zero-order valence-corrected chi connectivity index (χ0v) is 10.7. The Morgan fingerprint density at radius 3 is 2.88 bits per heavy atom. The van der Waals surface area contributed by atoms with Crippen molar-refractivity contribution < 1.29 is 4.79 Å². The summed E-state index contributed by atoms with van der Waals surface area (Å²) in [6.07, 6.45) is 1.77. The molecule has 1 heterocycles. The van der Waals surface area contributed by atoms with E-state index in [1.807, 2.05) is 20.8 Å². The Kier molecular flexibility index (Phi) is 5.31. The molecule has 0 aromatic carbocycles. The maximum Gasteiger partial charge on any atom is 0.230 e. The lowest BCUT2D eigenvalue weighted by Crippen LogP contribution is -2.33. The van der Waals surface area contributed by atoms with E-state index in [9.17, 15) is 4.79 Å². The molecule has 1 unspecified atom stereocenters. The van der Waals surface area contributed by atoms with Gasteiger partial charge in [-0.05, 0) is 13.3 Å². The van der Waals surface area contributed by atoms with Crippen molar-refractivity contribution in [3.63, 3.8) is 0 Å². The molecule has 0 saturated heterocycles. The van der Waals surface area contributed by atoms with Gasteiger partial charge in [0.1, 0.15) is 5.82 Å². The summed E-state index contributed by atoms with van der Waals surface area (Å²) in [7, 11) is 0. The minimum absolute atomic E-state index is 0.0298. The second kappa shape index (κ2) is 6.52. The van der Waals surface area contributed by atoms with Crippen LogP contribution >= 0.6 is 11.8 Å². The Morgan fingerprint density at radius 1 is 1.56 bits per heavy atom. The number of carbonyl (C=O) groups excluding carboxylic acids is 1. The highest BCUT2D eigenvalue weighted by Gasteiger charge is 2.08. The topological polar surface area (TPSA) is 70.7 Å². The van der Waals surface area contributed by atoms with Crippen LogP contribution in [0.4, 0.5) is 0 Å². The van der Waals surface area contributed by atoms with Crippen molar-refractivity contribution in [3.05, 3.63) is 5.82 Å². The lowest BCUT2D eigenvalue weighted by molar-refractivity contribution is -0.119. The number of aryl methyl sites for hydroxylation is 1. The highest BCUT2D eigenvalue weighted by Crippen LogP contribution is 2.11. The molecule has 0 aliphatic heterocycles. The van der Waals surface area contributed by atoms with Crippen LogP contribution in [-0.4, -0.2) is 32.9 Å². The molecule has 90 valence electrons. The van der Waals surface area contributed by atoms with E-state index in [4.69, 9.17) is 0 Å². The molecule has 2 N–H and O–H groups in total. The predicted octanol–water partition coefficient (Wildman–Crippen LogP) is 1.37. The minimum Gasteiger partial charge on any atom is -0.353 e. The average molecular weight is 242 g/mol. The maximum atomic E-state index is 11.5. The van der Waals surface area contributed by atoms with Crippen LogP contribution in [0.1, 0.15) is 33.0 Å². The van der Waals surface area contributed by atoms with Crippen LogP contribution in [-0.2, 0) is 11.2 Å². The van der Waals surface area contributed by atoms with E-state index in [0.717, 1.165) is 18.7 Å². The number of rotatable bonds is 6. The summed E-state index contributed by atoms with van der Waals surface area (Å²) >= 11 is 1.35. The van der Waals surface area contributed by atoms with Gasteiger partial charge in [0.25, 0.3) is 0 Å². The van der Waals surface area contributed by atoms with Crippen LogP contribution < -0.4 is 5.32 Å². The molecule has 0 spiro atoms. The van der Waals surface area contributed by atoms with Gasteiger partial charge in [-0.25, -0.2) is 4.98 Å². The summed E-state index contributed by atoms with van der Waals surface area (Å²) in [6.45, 7) is 6.04. The summed E-state index contributed by atoms with van der Waals surface area (Å²) in [6, 6.07) is 0.228. The van der Waals surface area contributed by atoms with E-state index >= 15 is 0 Å². The quantitative estimate of drug-likeness (QED) is 0.739. The van der Waals surface area contributed by atoms with E-state index in [-0.39, 0.29) is 11.9 Å². The number of thioether (sulfide) groups is 1. The molecule has 0 aliphatic rings. The Labute approximate surface area is 99.8 Å². The van der Waals surface area contributed by atoms with Gasteiger partial charge in [-0.2, -0.15) is 0 Å². The van der Waals surface area contributed by atoms with Crippen molar-refractivity contribution in [1.29, 1.82) is 0 Å². The van der Waals surface area contributed by atoms with Crippen LogP contribution in [0.25, 0.3) is 0 Å². The maximum absolute atomic E-state index is 11.5. The molecule has 0 bridgehead atoms. The Hall–Kier alpha value is -1.04. The number of aromatic amines is 1. The monoisotopic (exact) mass is 242 g/mol. The third kappa shape index (κ3) is 4.22. The van der Waals surface area contributed by atoms with Gasteiger partial charge >= 0.3 is 0 Å². The summed E-state index contributed by atoms with van der Waals surface area (Å²) in [5.74, 6) is 1.25. The van der Waals surface area contributed by atoms with Crippen LogP contribution in [0, 0.1) is 0 Å². The summed E-state index contributed by atoms with van der Waals surface area (Å²) in [4.78, 5) is 15.7. The van der Waals surface area contributed by atoms with E-state index < -0.39 is 0 Å². The molecule has 1 amide bonds. The van der Waals surface area contributed by atoms with Gasteiger partial charge in [0.2, 0.25) is 11.1 Å². The first kappa shape index (κ1) is 13.0. The van der Waals surface area contributed by atoms with Crippen molar-refractivity contribution >= 4 is 17.7 Å². The summed E-state index contributed by atoms with van der Waals surface area (Å²) in [5, 5.41) is 10.4. The molecule has 0 saturated carbocycles. The molecule has 1 rings (SSSR count). The normalized spacial score (nSPS) is 12.4. The molecule has 1 atom stereocenters.